The summed E-state index contributed by atoms with van der Waals surface area (Å²) in [6.07, 6.45) is -5.46. The van der Waals surface area contributed by atoms with E-state index in [0.29, 0.717) is 40.6 Å². The number of allylic oxidation sites excluding steroid dienone is 1. The summed E-state index contributed by atoms with van der Waals surface area (Å²) in [4.78, 5) is 16.5. The van der Waals surface area contributed by atoms with Crippen molar-refractivity contribution in [1.82, 2.24) is 10.3 Å². The van der Waals surface area contributed by atoms with E-state index >= 15 is 0 Å². The lowest BCUT2D eigenvalue weighted by molar-refractivity contribution is -0.355. The van der Waals surface area contributed by atoms with Crippen LogP contribution in [0.1, 0.15) is 43.1 Å². The van der Waals surface area contributed by atoms with Crippen LogP contribution >= 0.6 is 11.6 Å². The summed E-state index contributed by atoms with van der Waals surface area (Å²) < 4.78 is 56.9. The summed E-state index contributed by atoms with van der Waals surface area (Å²) in [5, 5.41) is 13.4. The molecule has 1 aliphatic heterocycles. The van der Waals surface area contributed by atoms with Crippen molar-refractivity contribution >= 4 is 17.5 Å². The van der Waals surface area contributed by atoms with Gasteiger partial charge in [-0.05, 0) is 24.6 Å². The van der Waals surface area contributed by atoms with E-state index in [1.54, 1.807) is 18.2 Å². The van der Waals surface area contributed by atoms with Crippen molar-refractivity contribution in [3.63, 3.8) is 0 Å². The zero-order valence-corrected chi connectivity index (χ0v) is 18.6. The van der Waals surface area contributed by atoms with Crippen molar-refractivity contribution in [3.05, 3.63) is 53.0 Å². The Hall–Kier alpha value is -2.76. The van der Waals surface area contributed by atoms with Crippen LogP contribution in [0.15, 0.2) is 41.1 Å². The van der Waals surface area contributed by atoms with Crippen LogP contribution in [0.4, 0.5) is 13.2 Å². The third-order valence-corrected chi connectivity index (χ3v) is 5.69. The van der Waals surface area contributed by atoms with E-state index in [-0.39, 0.29) is 25.3 Å². The number of oxazole rings is 1. The molecule has 0 radical (unpaired) electrons. The Balaban J connectivity index is 1.19. The highest BCUT2D eigenvalue weighted by molar-refractivity contribution is 6.30. The fourth-order valence-corrected chi connectivity index (χ4v) is 3.85. The smallest absolute Gasteiger partial charge is 0.480 e. The van der Waals surface area contributed by atoms with Gasteiger partial charge in [-0.1, -0.05) is 18.2 Å². The maximum Gasteiger partial charge on any atom is 0.522 e. The molecule has 34 heavy (non-hydrogen) atoms. The Morgan fingerprint density at radius 1 is 1.29 bits per heavy atom. The first kappa shape index (κ1) is 24.4. The van der Waals surface area contributed by atoms with Gasteiger partial charge in [0, 0.05) is 42.0 Å². The zero-order chi connectivity index (χ0) is 24.5. The quantitative estimate of drug-likeness (QED) is 0.557. The summed E-state index contributed by atoms with van der Waals surface area (Å²) in [5.74, 6) is 0.417. The number of nitrogens with zero attached hydrogens (tertiary/aromatic N) is 1. The normalized spacial score (nSPS) is 23.9. The number of fused-ring (bicyclic) bond motifs is 1. The van der Waals surface area contributed by atoms with Gasteiger partial charge in [-0.15, -0.1) is 13.2 Å². The van der Waals surface area contributed by atoms with Gasteiger partial charge in [0.15, 0.2) is 6.10 Å². The lowest BCUT2D eigenvalue weighted by atomic mass is 9.92. The molecule has 8 nitrogen and oxygen atoms in total. The van der Waals surface area contributed by atoms with Crippen LogP contribution in [0, 0.1) is 0 Å². The van der Waals surface area contributed by atoms with E-state index in [1.165, 1.54) is 6.20 Å². The topological polar surface area (TPSA) is 103 Å². The standard InChI is InChI=1S/C22H22ClF3N2O6/c1-11(28-20(30)19-9-17(29)16-6-12(23)3-5-18(16)33-19)2-4-13-10-27-21(31-13)32-14-7-15(8-14)34-22(24,25)26/h3,5-6,10,14-15,17,19,29H,1-2,4,7-9H2,(H,28,30)/t14?,15?,17-,19-/m1/s1. The molecule has 2 aromatic rings. The highest BCUT2D eigenvalue weighted by Gasteiger charge is 2.41. The highest BCUT2D eigenvalue weighted by atomic mass is 35.5. The minimum absolute atomic E-state index is 0.0385. The van der Waals surface area contributed by atoms with Gasteiger partial charge in [0.1, 0.15) is 17.6 Å². The van der Waals surface area contributed by atoms with Crippen LogP contribution in [-0.2, 0) is 16.0 Å². The minimum atomic E-state index is -4.66. The van der Waals surface area contributed by atoms with E-state index in [1.807, 2.05) is 0 Å². The number of halogens is 4. The number of hydrogen-bond acceptors (Lipinski definition) is 7. The fourth-order valence-electron chi connectivity index (χ4n) is 3.67. The lowest BCUT2D eigenvalue weighted by Gasteiger charge is -2.33. The predicted molar refractivity (Wildman–Crippen MR) is 112 cm³/mol. The predicted octanol–water partition coefficient (Wildman–Crippen LogP) is 4.22. The van der Waals surface area contributed by atoms with Crippen LogP contribution in [0.2, 0.25) is 5.02 Å². The number of rotatable bonds is 8. The maximum atomic E-state index is 12.5. The monoisotopic (exact) mass is 502 g/mol. The molecule has 2 heterocycles. The molecule has 1 aromatic carbocycles. The second-order valence-corrected chi connectivity index (χ2v) is 8.56. The van der Waals surface area contributed by atoms with Crippen molar-refractivity contribution in [2.24, 2.45) is 0 Å². The SMILES string of the molecule is C=C(CCc1cnc(OC2CC(OC(F)(F)F)C2)o1)NC(=O)[C@H]1C[C@@H](O)c2cc(Cl)ccc2O1. The number of alkyl halides is 3. The molecular formula is C22H22ClF3N2O6. The number of amides is 1. The van der Waals surface area contributed by atoms with E-state index in [4.69, 9.17) is 25.5 Å². The Labute approximate surface area is 197 Å². The number of benzene rings is 1. The van der Waals surface area contributed by atoms with E-state index in [0.717, 1.165) is 0 Å². The lowest BCUT2D eigenvalue weighted by Crippen LogP contribution is -2.42. The van der Waals surface area contributed by atoms with Gasteiger partial charge < -0.3 is 24.3 Å². The molecule has 12 heteroatoms. The molecule has 0 spiro atoms. The molecule has 1 aliphatic carbocycles. The third-order valence-electron chi connectivity index (χ3n) is 5.45. The summed E-state index contributed by atoms with van der Waals surface area (Å²) in [5.41, 5.74) is 0.944. The summed E-state index contributed by atoms with van der Waals surface area (Å²) in [7, 11) is 0. The number of nitrogens with one attached hydrogen (secondary N) is 1. The second-order valence-electron chi connectivity index (χ2n) is 8.12. The Morgan fingerprint density at radius 2 is 2.06 bits per heavy atom. The van der Waals surface area contributed by atoms with Crippen molar-refractivity contribution in [2.75, 3.05) is 0 Å². The molecule has 1 saturated carbocycles. The van der Waals surface area contributed by atoms with Gasteiger partial charge >= 0.3 is 12.4 Å². The van der Waals surface area contributed by atoms with Gasteiger partial charge in [0.05, 0.1) is 18.4 Å². The van der Waals surface area contributed by atoms with E-state index in [9.17, 15) is 23.1 Å². The molecule has 0 unspecified atom stereocenters. The third kappa shape index (κ3) is 6.22. The van der Waals surface area contributed by atoms with Crippen LogP contribution < -0.4 is 14.8 Å². The van der Waals surface area contributed by atoms with Gasteiger partial charge in [-0.2, -0.15) is 4.98 Å². The number of carbonyl (C=O) groups is 1. The number of hydrogen-bond donors (Lipinski definition) is 2. The first-order valence-electron chi connectivity index (χ1n) is 10.5. The number of ether oxygens (including phenoxy) is 3. The van der Waals surface area contributed by atoms with Gasteiger partial charge in [-0.3, -0.25) is 9.53 Å². The number of aromatic nitrogens is 1. The van der Waals surface area contributed by atoms with E-state index < -0.39 is 36.7 Å². The molecule has 0 saturated heterocycles. The van der Waals surface area contributed by atoms with Gasteiger partial charge in [-0.25, -0.2) is 0 Å². The highest BCUT2D eigenvalue weighted by Crippen LogP contribution is 2.36. The van der Waals surface area contributed by atoms with E-state index in [2.05, 4.69) is 21.6 Å². The summed E-state index contributed by atoms with van der Waals surface area (Å²) in [6, 6.07) is 4.82. The second kappa shape index (κ2) is 9.85. The Morgan fingerprint density at radius 3 is 2.79 bits per heavy atom. The Kier molecular flexibility index (Phi) is 7.06. The van der Waals surface area contributed by atoms with Crippen LogP contribution in [0.25, 0.3) is 0 Å². The number of aryl methyl sites for hydroxylation is 1. The van der Waals surface area contributed by atoms with Gasteiger partial charge in [0.25, 0.3) is 5.91 Å². The maximum absolute atomic E-state index is 12.5. The number of carbonyl (C=O) groups excluding carboxylic acids is 1. The van der Waals surface area contributed by atoms with Crippen molar-refractivity contribution in [2.45, 2.75) is 62.9 Å². The minimum Gasteiger partial charge on any atom is -0.480 e. The number of aliphatic hydroxyl groups is 1. The van der Waals surface area contributed by atoms with Crippen LogP contribution in [0.5, 0.6) is 11.8 Å². The average molecular weight is 503 g/mol. The summed E-state index contributed by atoms with van der Waals surface area (Å²) >= 11 is 5.94. The average Bonchev–Trinajstić information content (AvgIpc) is 3.17. The zero-order valence-electron chi connectivity index (χ0n) is 17.8. The van der Waals surface area contributed by atoms with Crippen molar-refractivity contribution in [1.29, 1.82) is 0 Å². The molecule has 2 atom stereocenters. The first-order chi connectivity index (χ1) is 16.1. The molecular weight excluding hydrogens is 481 g/mol. The Bertz CT molecular complexity index is 1050. The number of aliphatic hydroxyl groups excluding tert-OH is 1. The molecule has 1 amide bonds. The molecule has 184 valence electrons. The van der Waals surface area contributed by atoms with Gasteiger partial charge in [0.2, 0.25) is 0 Å². The molecule has 2 N–H and O–H groups in total. The van der Waals surface area contributed by atoms with Crippen molar-refractivity contribution in [3.8, 4) is 11.8 Å². The molecule has 1 aromatic heterocycles. The largest absolute Gasteiger partial charge is 0.522 e. The molecule has 0 bridgehead atoms. The van der Waals surface area contributed by atoms with Crippen molar-refractivity contribution < 1.29 is 41.7 Å². The molecule has 2 aliphatic rings. The molecule has 1 fully saturated rings. The fraction of sp³-hybridized carbons (Fsp3) is 0.455. The first-order valence-corrected chi connectivity index (χ1v) is 10.9. The summed E-state index contributed by atoms with van der Waals surface area (Å²) in [6.45, 7) is 3.83. The van der Waals surface area contributed by atoms with Crippen LogP contribution in [0.3, 0.4) is 0 Å². The molecule has 4 rings (SSSR count). The van der Waals surface area contributed by atoms with Crippen LogP contribution in [-0.4, -0.2) is 40.7 Å².